The van der Waals surface area contributed by atoms with Crippen molar-refractivity contribution in [3.05, 3.63) is 111 Å². The second-order valence-corrected chi connectivity index (χ2v) is 10.4. The van der Waals surface area contributed by atoms with E-state index in [0.29, 0.717) is 15.6 Å². The number of aromatic nitrogens is 1. The standard InChI is InChI=1S/C29H24F6N2O3S/c1-18-25(41-19(2)37-18)26(38)36-17-27(16-20-8-4-3-5-9-20,21-10-6-12-23(14-21)39-28(30,31)32)22-11-7-13-24(15-22)40-29(33,34)35/h3-15H,16-17H2,1-2H3,(H,36,38). The van der Waals surface area contributed by atoms with E-state index < -0.39 is 35.5 Å². The van der Waals surface area contributed by atoms with Crippen molar-refractivity contribution in [3.8, 4) is 11.5 Å². The molecule has 1 heterocycles. The van der Waals surface area contributed by atoms with Crippen molar-refractivity contribution < 1.29 is 40.6 Å². The zero-order chi connectivity index (χ0) is 29.8. The number of nitrogens with one attached hydrogen (secondary N) is 1. The first-order valence-corrected chi connectivity index (χ1v) is 13.0. The molecule has 5 nitrogen and oxygen atoms in total. The number of hydrogen-bond donors (Lipinski definition) is 1. The highest BCUT2D eigenvalue weighted by atomic mass is 32.1. The number of benzene rings is 3. The number of ether oxygens (including phenoxy) is 2. The van der Waals surface area contributed by atoms with Crippen LogP contribution < -0.4 is 14.8 Å². The van der Waals surface area contributed by atoms with Crippen LogP contribution in [0, 0.1) is 13.8 Å². The van der Waals surface area contributed by atoms with Gasteiger partial charge in [-0.3, -0.25) is 4.79 Å². The van der Waals surface area contributed by atoms with Crippen molar-refractivity contribution in [3.63, 3.8) is 0 Å². The third-order valence-electron chi connectivity index (χ3n) is 6.25. The number of amides is 1. The van der Waals surface area contributed by atoms with Gasteiger partial charge in [-0.25, -0.2) is 4.98 Å². The number of aryl methyl sites for hydroxylation is 2. The molecule has 41 heavy (non-hydrogen) atoms. The molecule has 1 aromatic heterocycles. The monoisotopic (exact) mass is 594 g/mol. The van der Waals surface area contributed by atoms with Gasteiger partial charge >= 0.3 is 12.7 Å². The minimum absolute atomic E-state index is 0.0970. The molecule has 12 heteroatoms. The van der Waals surface area contributed by atoms with Gasteiger partial charge in [0.05, 0.1) is 10.7 Å². The fourth-order valence-electron chi connectivity index (χ4n) is 4.62. The molecule has 0 radical (unpaired) electrons. The molecule has 0 saturated carbocycles. The first-order chi connectivity index (χ1) is 19.2. The molecule has 0 aliphatic rings. The molecule has 0 saturated heterocycles. The van der Waals surface area contributed by atoms with Gasteiger partial charge in [-0.1, -0.05) is 54.6 Å². The first kappa shape index (κ1) is 29.9. The predicted molar refractivity (Wildman–Crippen MR) is 141 cm³/mol. The highest BCUT2D eigenvalue weighted by Gasteiger charge is 2.38. The molecule has 0 aliphatic heterocycles. The lowest BCUT2D eigenvalue weighted by atomic mass is 9.70. The van der Waals surface area contributed by atoms with E-state index in [-0.39, 0.29) is 24.1 Å². The number of alkyl halides is 6. The van der Waals surface area contributed by atoms with Crippen LogP contribution in [0.4, 0.5) is 26.3 Å². The van der Waals surface area contributed by atoms with Gasteiger partial charge in [-0.2, -0.15) is 0 Å². The second-order valence-electron chi connectivity index (χ2n) is 9.23. The van der Waals surface area contributed by atoms with Crippen molar-refractivity contribution in [1.82, 2.24) is 10.3 Å². The van der Waals surface area contributed by atoms with E-state index in [1.165, 1.54) is 47.7 Å². The summed E-state index contributed by atoms with van der Waals surface area (Å²) in [6.45, 7) is 3.22. The average Bonchev–Trinajstić information content (AvgIpc) is 3.23. The lowest BCUT2D eigenvalue weighted by Crippen LogP contribution is -2.43. The molecule has 0 bridgehead atoms. The lowest BCUT2D eigenvalue weighted by molar-refractivity contribution is -0.275. The van der Waals surface area contributed by atoms with Crippen molar-refractivity contribution >= 4 is 17.2 Å². The van der Waals surface area contributed by atoms with E-state index in [1.807, 2.05) is 0 Å². The summed E-state index contributed by atoms with van der Waals surface area (Å²) in [4.78, 5) is 17.9. The second kappa shape index (κ2) is 11.8. The predicted octanol–water partition coefficient (Wildman–Crippen LogP) is 7.52. The summed E-state index contributed by atoms with van der Waals surface area (Å²) in [6, 6.07) is 19.2. The Morgan fingerprint density at radius 2 is 1.34 bits per heavy atom. The van der Waals surface area contributed by atoms with Crippen LogP contribution in [0.3, 0.4) is 0 Å². The number of nitrogens with zero attached hydrogens (tertiary/aromatic N) is 1. The molecule has 0 atom stereocenters. The Bertz CT molecular complexity index is 1440. The maximum Gasteiger partial charge on any atom is 0.573 e. The van der Waals surface area contributed by atoms with Gasteiger partial charge in [0.25, 0.3) is 5.91 Å². The van der Waals surface area contributed by atoms with Crippen LogP contribution in [0.2, 0.25) is 0 Å². The van der Waals surface area contributed by atoms with Crippen molar-refractivity contribution in [1.29, 1.82) is 0 Å². The van der Waals surface area contributed by atoms with Crippen LogP contribution in [0.15, 0.2) is 78.9 Å². The molecule has 4 rings (SSSR count). The van der Waals surface area contributed by atoms with E-state index >= 15 is 0 Å². The molecule has 4 aromatic rings. The zero-order valence-electron chi connectivity index (χ0n) is 21.8. The van der Waals surface area contributed by atoms with Crippen molar-refractivity contribution in [2.24, 2.45) is 0 Å². The summed E-state index contributed by atoms with van der Waals surface area (Å²) < 4.78 is 87.1. The third-order valence-corrected chi connectivity index (χ3v) is 7.32. The Morgan fingerprint density at radius 3 is 1.80 bits per heavy atom. The van der Waals surface area contributed by atoms with E-state index in [4.69, 9.17) is 0 Å². The third kappa shape index (κ3) is 7.78. The van der Waals surface area contributed by atoms with Gasteiger partial charge in [0.1, 0.15) is 16.4 Å². The van der Waals surface area contributed by atoms with E-state index in [9.17, 15) is 31.1 Å². The molecule has 0 fully saturated rings. The topological polar surface area (TPSA) is 60.5 Å². The number of hydrogen-bond acceptors (Lipinski definition) is 5. The molecular formula is C29H24F6N2O3S. The maximum absolute atomic E-state index is 13.3. The summed E-state index contributed by atoms with van der Waals surface area (Å²) in [5.41, 5.74) is 0.394. The SMILES string of the molecule is Cc1nc(C)c(C(=O)NCC(Cc2ccccc2)(c2cccc(OC(F)(F)F)c2)c2cccc(OC(F)(F)F)c2)s1. The fraction of sp³-hybridized carbons (Fsp3) is 0.241. The van der Waals surface area contributed by atoms with E-state index in [0.717, 1.165) is 17.7 Å². The smallest absolute Gasteiger partial charge is 0.406 e. The fourth-order valence-corrected chi connectivity index (χ4v) is 5.45. The van der Waals surface area contributed by atoms with Crippen molar-refractivity contribution in [2.75, 3.05) is 6.54 Å². The Hall–Kier alpha value is -4.06. The van der Waals surface area contributed by atoms with Gasteiger partial charge < -0.3 is 14.8 Å². The summed E-state index contributed by atoms with van der Waals surface area (Å²) in [6.07, 6.45) is -9.85. The normalized spacial score (nSPS) is 12.2. The number of rotatable bonds is 9. The molecule has 1 N–H and O–H groups in total. The highest BCUT2D eigenvalue weighted by Crippen LogP contribution is 2.40. The Labute approximate surface area is 235 Å². The van der Waals surface area contributed by atoms with E-state index in [1.54, 1.807) is 44.2 Å². The number of carbonyl (C=O) groups excluding carboxylic acids is 1. The highest BCUT2D eigenvalue weighted by molar-refractivity contribution is 7.13. The van der Waals surface area contributed by atoms with Gasteiger partial charge in [0.2, 0.25) is 0 Å². The number of thiazole rings is 1. The summed E-state index contributed by atoms with van der Waals surface area (Å²) >= 11 is 1.17. The van der Waals surface area contributed by atoms with Gasteiger partial charge in [-0.05, 0) is 61.2 Å². The van der Waals surface area contributed by atoms with Crippen molar-refractivity contribution in [2.45, 2.75) is 38.4 Å². The van der Waals surface area contributed by atoms with Crippen LogP contribution >= 0.6 is 11.3 Å². The Morgan fingerprint density at radius 1 is 0.805 bits per heavy atom. The van der Waals surface area contributed by atoms with Gasteiger partial charge in [0.15, 0.2) is 0 Å². The van der Waals surface area contributed by atoms with Crippen LogP contribution in [-0.2, 0) is 11.8 Å². The molecule has 0 spiro atoms. The minimum Gasteiger partial charge on any atom is -0.406 e. The first-order valence-electron chi connectivity index (χ1n) is 12.2. The molecule has 1 amide bonds. The zero-order valence-corrected chi connectivity index (χ0v) is 22.6. The molecular weight excluding hydrogens is 570 g/mol. The van der Waals surface area contributed by atoms with Crippen LogP contribution in [0.5, 0.6) is 11.5 Å². The Balaban J connectivity index is 1.89. The van der Waals surface area contributed by atoms with E-state index in [2.05, 4.69) is 19.8 Å². The van der Waals surface area contributed by atoms with Gasteiger partial charge in [-0.15, -0.1) is 37.7 Å². The minimum atomic E-state index is -4.98. The molecule has 0 unspecified atom stereocenters. The average molecular weight is 595 g/mol. The summed E-state index contributed by atoms with van der Waals surface area (Å²) in [5, 5.41) is 3.52. The lowest BCUT2D eigenvalue weighted by Gasteiger charge is -2.36. The quantitative estimate of drug-likeness (QED) is 0.204. The largest absolute Gasteiger partial charge is 0.573 e. The van der Waals surface area contributed by atoms with Crippen LogP contribution in [-0.4, -0.2) is 30.2 Å². The molecule has 0 aliphatic carbocycles. The van der Waals surface area contributed by atoms with Crippen LogP contribution in [0.1, 0.15) is 37.1 Å². The van der Waals surface area contributed by atoms with Gasteiger partial charge in [0, 0.05) is 12.0 Å². The number of carbonyl (C=O) groups is 1. The summed E-state index contributed by atoms with van der Waals surface area (Å²) in [7, 11) is 0. The summed E-state index contributed by atoms with van der Waals surface area (Å²) in [5.74, 6) is -1.51. The maximum atomic E-state index is 13.3. The molecule has 216 valence electrons. The molecule has 3 aromatic carbocycles. The number of halogens is 6. The van der Waals surface area contributed by atoms with Crippen LogP contribution in [0.25, 0.3) is 0 Å². The Kier molecular flexibility index (Phi) is 8.62.